The van der Waals surface area contributed by atoms with Crippen molar-refractivity contribution >= 4 is 46.6 Å². The molecule has 23 heavy (non-hydrogen) atoms. The van der Waals surface area contributed by atoms with Gasteiger partial charge in [-0.2, -0.15) is 0 Å². The van der Waals surface area contributed by atoms with Crippen molar-refractivity contribution in [3.63, 3.8) is 0 Å². The third-order valence-corrected chi connectivity index (χ3v) is 5.26. The maximum absolute atomic E-state index is 12.1. The maximum atomic E-state index is 12.1. The number of hydrogen-bond donors (Lipinski definition) is 1. The second-order valence-electron chi connectivity index (χ2n) is 5.28. The highest BCUT2D eigenvalue weighted by Gasteiger charge is 2.22. The zero-order valence-electron chi connectivity index (χ0n) is 12.2. The standard InChI is InChI=1S/C14H15Cl2N5OS/c15-10-6-3-7-11(16)13(10)17-12(22)8-23-14-18-19-20-21(14)9-4-1-2-5-9/h3,6-7,9H,1-2,4-5,8H2,(H,17,22). The second kappa shape index (κ2) is 7.51. The summed E-state index contributed by atoms with van der Waals surface area (Å²) in [5.74, 6) is -0.0137. The molecule has 0 aliphatic heterocycles. The number of amides is 1. The van der Waals surface area contributed by atoms with Gasteiger partial charge in [0.25, 0.3) is 0 Å². The van der Waals surface area contributed by atoms with Gasteiger partial charge in [-0.3, -0.25) is 4.79 Å². The number of carbonyl (C=O) groups is 1. The maximum Gasteiger partial charge on any atom is 0.234 e. The van der Waals surface area contributed by atoms with Gasteiger partial charge in [0.15, 0.2) is 0 Å². The molecule has 1 N–H and O–H groups in total. The number of thioether (sulfide) groups is 1. The van der Waals surface area contributed by atoms with Gasteiger partial charge >= 0.3 is 0 Å². The Balaban J connectivity index is 1.60. The van der Waals surface area contributed by atoms with Gasteiger partial charge in [0.05, 0.1) is 27.5 Å². The molecule has 1 heterocycles. The molecule has 1 saturated carbocycles. The lowest BCUT2D eigenvalue weighted by molar-refractivity contribution is -0.113. The van der Waals surface area contributed by atoms with Gasteiger partial charge in [-0.15, -0.1) is 5.10 Å². The first-order valence-electron chi connectivity index (χ1n) is 7.29. The molecule has 0 atom stereocenters. The van der Waals surface area contributed by atoms with Crippen LogP contribution in [0.15, 0.2) is 23.4 Å². The summed E-state index contributed by atoms with van der Waals surface area (Å²) in [4.78, 5) is 12.1. The molecule has 0 radical (unpaired) electrons. The molecule has 1 fully saturated rings. The average Bonchev–Trinajstić information content (AvgIpc) is 3.19. The van der Waals surface area contributed by atoms with Crippen LogP contribution in [0.3, 0.4) is 0 Å². The molecule has 3 rings (SSSR count). The largest absolute Gasteiger partial charge is 0.323 e. The van der Waals surface area contributed by atoms with Crippen molar-refractivity contribution in [3.05, 3.63) is 28.2 Å². The van der Waals surface area contributed by atoms with E-state index in [1.54, 1.807) is 18.2 Å². The third kappa shape index (κ3) is 3.97. The quantitative estimate of drug-likeness (QED) is 0.808. The summed E-state index contributed by atoms with van der Waals surface area (Å²) in [7, 11) is 0. The van der Waals surface area contributed by atoms with Crippen LogP contribution in [-0.4, -0.2) is 31.9 Å². The van der Waals surface area contributed by atoms with Crippen LogP contribution in [0.25, 0.3) is 0 Å². The predicted molar refractivity (Wildman–Crippen MR) is 91.1 cm³/mol. The van der Waals surface area contributed by atoms with Crippen molar-refractivity contribution in [3.8, 4) is 0 Å². The molecular weight excluding hydrogens is 357 g/mol. The number of carbonyl (C=O) groups excluding carboxylic acids is 1. The number of rotatable bonds is 5. The molecule has 0 spiro atoms. The Morgan fingerprint density at radius 1 is 1.30 bits per heavy atom. The van der Waals surface area contributed by atoms with Crippen molar-refractivity contribution in [2.75, 3.05) is 11.1 Å². The van der Waals surface area contributed by atoms with Crippen LogP contribution in [0, 0.1) is 0 Å². The highest BCUT2D eigenvalue weighted by molar-refractivity contribution is 7.99. The van der Waals surface area contributed by atoms with Crippen molar-refractivity contribution in [1.29, 1.82) is 0 Å². The first-order valence-corrected chi connectivity index (χ1v) is 9.04. The molecule has 1 aromatic heterocycles. The SMILES string of the molecule is O=C(CSc1nnnn1C1CCCC1)Nc1c(Cl)cccc1Cl. The van der Waals surface area contributed by atoms with Crippen LogP contribution >= 0.6 is 35.0 Å². The summed E-state index contributed by atoms with van der Waals surface area (Å²) in [6.45, 7) is 0. The first-order chi connectivity index (χ1) is 11.1. The molecule has 1 amide bonds. The zero-order valence-corrected chi connectivity index (χ0v) is 14.5. The minimum atomic E-state index is -0.203. The summed E-state index contributed by atoms with van der Waals surface area (Å²) >= 11 is 13.4. The minimum absolute atomic E-state index is 0.189. The number of tetrazole rings is 1. The molecule has 1 aromatic carbocycles. The number of nitrogens with one attached hydrogen (secondary N) is 1. The van der Waals surface area contributed by atoms with Gasteiger partial charge in [-0.25, -0.2) is 4.68 Å². The molecule has 1 aliphatic rings. The van der Waals surface area contributed by atoms with Crippen LogP contribution in [-0.2, 0) is 4.79 Å². The average molecular weight is 372 g/mol. The van der Waals surface area contributed by atoms with Crippen LogP contribution in [0.5, 0.6) is 0 Å². The van der Waals surface area contributed by atoms with Crippen molar-refractivity contribution < 1.29 is 4.79 Å². The van der Waals surface area contributed by atoms with Crippen molar-refractivity contribution in [2.45, 2.75) is 36.9 Å². The second-order valence-corrected chi connectivity index (χ2v) is 7.03. The lowest BCUT2D eigenvalue weighted by Gasteiger charge is -2.11. The number of nitrogens with zero attached hydrogens (tertiary/aromatic N) is 4. The monoisotopic (exact) mass is 371 g/mol. The van der Waals surface area contributed by atoms with Crippen LogP contribution < -0.4 is 5.32 Å². The number of aromatic nitrogens is 4. The van der Waals surface area contributed by atoms with E-state index in [0.717, 1.165) is 12.8 Å². The molecule has 1 aliphatic carbocycles. The van der Waals surface area contributed by atoms with Gasteiger partial charge in [0.1, 0.15) is 0 Å². The van der Waals surface area contributed by atoms with Crippen LogP contribution in [0.2, 0.25) is 10.0 Å². The normalized spacial score (nSPS) is 15.0. The zero-order chi connectivity index (χ0) is 16.2. The summed E-state index contributed by atoms with van der Waals surface area (Å²) in [6, 6.07) is 5.42. The van der Waals surface area contributed by atoms with E-state index < -0.39 is 0 Å². The van der Waals surface area contributed by atoms with E-state index in [2.05, 4.69) is 20.8 Å². The van der Waals surface area contributed by atoms with Gasteiger partial charge in [0, 0.05) is 0 Å². The predicted octanol–water partition coefficient (Wildman–Crippen LogP) is 3.83. The van der Waals surface area contributed by atoms with E-state index in [4.69, 9.17) is 23.2 Å². The lowest BCUT2D eigenvalue weighted by Crippen LogP contribution is -2.16. The van der Waals surface area contributed by atoms with Crippen molar-refractivity contribution in [1.82, 2.24) is 20.2 Å². The van der Waals surface area contributed by atoms with Crippen LogP contribution in [0.1, 0.15) is 31.7 Å². The summed E-state index contributed by atoms with van der Waals surface area (Å²) in [5.41, 5.74) is 0.428. The highest BCUT2D eigenvalue weighted by Crippen LogP contribution is 2.32. The lowest BCUT2D eigenvalue weighted by atomic mass is 10.3. The third-order valence-electron chi connectivity index (χ3n) is 3.69. The number of benzene rings is 1. The summed E-state index contributed by atoms with van der Waals surface area (Å²) in [5, 5.41) is 16.0. The molecule has 0 saturated heterocycles. The molecule has 6 nitrogen and oxygen atoms in total. The van der Waals surface area contributed by atoms with Gasteiger partial charge < -0.3 is 5.32 Å². The molecule has 0 unspecified atom stereocenters. The Kier molecular flexibility index (Phi) is 5.40. The van der Waals surface area contributed by atoms with Gasteiger partial charge in [-0.05, 0) is 35.4 Å². The summed E-state index contributed by atoms with van der Waals surface area (Å²) < 4.78 is 1.83. The number of halogens is 2. The van der Waals surface area contributed by atoms with E-state index in [1.165, 1.54) is 24.6 Å². The Labute approximate surface area is 147 Å². The van der Waals surface area contributed by atoms with Gasteiger partial charge in [0.2, 0.25) is 11.1 Å². The minimum Gasteiger partial charge on any atom is -0.323 e. The van der Waals surface area contributed by atoms with Crippen molar-refractivity contribution in [2.24, 2.45) is 0 Å². The van der Waals surface area contributed by atoms with E-state index in [-0.39, 0.29) is 11.7 Å². The topological polar surface area (TPSA) is 72.7 Å². The Morgan fingerprint density at radius 3 is 2.70 bits per heavy atom. The Hall–Kier alpha value is -1.31. The number of anilines is 1. The smallest absolute Gasteiger partial charge is 0.234 e. The fourth-order valence-electron chi connectivity index (χ4n) is 2.58. The van der Waals surface area contributed by atoms with E-state index >= 15 is 0 Å². The van der Waals surface area contributed by atoms with E-state index in [0.29, 0.717) is 26.9 Å². The molecular formula is C14H15Cl2N5OS. The highest BCUT2D eigenvalue weighted by atomic mass is 35.5. The Bertz CT molecular complexity index is 682. The fraction of sp³-hybridized carbons (Fsp3) is 0.429. The molecule has 2 aromatic rings. The fourth-order valence-corrected chi connectivity index (χ4v) is 3.82. The van der Waals surface area contributed by atoms with Gasteiger partial charge in [-0.1, -0.05) is 53.9 Å². The molecule has 122 valence electrons. The molecule has 9 heteroatoms. The molecule has 0 bridgehead atoms. The van der Waals surface area contributed by atoms with E-state index in [9.17, 15) is 4.79 Å². The first kappa shape index (κ1) is 16.5. The Morgan fingerprint density at radius 2 is 2.00 bits per heavy atom. The number of hydrogen-bond acceptors (Lipinski definition) is 5. The van der Waals surface area contributed by atoms with E-state index in [1.807, 2.05) is 4.68 Å². The summed E-state index contributed by atoms with van der Waals surface area (Å²) in [6.07, 6.45) is 4.56. The van der Waals surface area contributed by atoms with Crippen LogP contribution in [0.4, 0.5) is 5.69 Å². The number of para-hydroxylation sites is 1.